The van der Waals surface area contributed by atoms with Crippen molar-refractivity contribution in [1.29, 1.82) is 0 Å². The van der Waals surface area contributed by atoms with E-state index < -0.39 is 0 Å². The molecule has 31 heavy (non-hydrogen) atoms. The monoisotopic (exact) mass is 538 g/mol. The van der Waals surface area contributed by atoms with Crippen molar-refractivity contribution in [2.75, 3.05) is 26.8 Å². The normalized spacial score (nSPS) is 15.0. The summed E-state index contributed by atoms with van der Waals surface area (Å²) < 4.78 is 7.00. The van der Waals surface area contributed by atoms with Crippen LogP contribution in [0.5, 0.6) is 0 Å². The molecule has 0 aliphatic heterocycles. The largest absolute Gasteiger partial charge is 0.385 e. The molecule has 0 bridgehead atoms. The molecule has 0 spiro atoms. The Balaban J connectivity index is 0.00000341. The Labute approximate surface area is 202 Å². The summed E-state index contributed by atoms with van der Waals surface area (Å²) in [5, 5.41) is 6.89. The van der Waals surface area contributed by atoms with Crippen molar-refractivity contribution in [3.8, 4) is 0 Å². The molecule has 6 nitrogen and oxygen atoms in total. The molecule has 1 aromatic carbocycles. The summed E-state index contributed by atoms with van der Waals surface area (Å²) in [6.45, 7) is 5.87. The maximum Gasteiger partial charge on any atom is 0.250 e. The van der Waals surface area contributed by atoms with Crippen LogP contribution in [0.15, 0.2) is 58.4 Å². The summed E-state index contributed by atoms with van der Waals surface area (Å²) in [5.74, 6) is 0.862. The van der Waals surface area contributed by atoms with E-state index in [1.807, 2.05) is 12.3 Å². The van der Waals surface area contributed by atoms with Crippen LogP contribution in [0.1, 0.15) is 43.7 Å². The van der Waals surface area contributed by atoms with Gasteiger partial charge in [0, 0.05) is 39.1 Å². The molecule has 1 heterocycles. The van der Waals surface area contributed by atoms with E-state index in [4.69, 9.17) is 9.73 Å². The van der Waals surface area contributed by atoms with E-state index in [-0.39, 0.29) is 29.5 Å². The zero-order valence-corrected chi connectivity index (χ0v) is 20.9. The quantitative estimate of drug-likeness (QED) is 0.275. The van der Waals surface area contributed by atoms with Crippen molar-refractivity contribution in [1.82, 2.24) is 15.2 Å². The smallest absolute Gasteiger partial charge is 0.250 e. The molecule has 1 aliphatic rings. The van der Waals surface area contributed by atoms with Gasteiger partial charge in [0.15, 0.2) is 5.96 Å². The lowest BCUT2D eigenvalue weighted by atomic mass is 9.67. The van der Waals surface area contributed by atoms with Gasteiger partial charge in [-0.1, -0.05) is 36.8 Å². The molecule has 1 saturated carbocycles. The van der Waals surface area contributed by atoms with Crippen molar-refractivity contribution < 1.29 is 4.74 Å². The van der Waals surface area contributed by atoms with Crippen LogP contribution in [-0.4, -0.2) is 37.3 Å². The Kier molecular flexibility index (Phi) is 10.5. The Morgan fingerprint density at radius 2 is 1.87 bits per heavy atom. The van der Waals surface area contributed by atoms with Crippen LogP contribution >= 0.6 is 24.0 Å². The number of aromatic nitrogens is 1. The molecule has 7 heteroatoms. The van der Waals surface area contributed by atoms with Gasteiger partial charge in [-0.3, -0.25) is 4.79 Å². The predicted octanol–water partition coefficient (Wildman–Crippen LogP) is 3.78. The first-order valence-electron chi connectivity index (χ1n) is 10.9. The van der Waals surface area contributed by atoms with Gasteiger partial charge < -0.3 is 19.9 Å². The average Bonchev–Trinajstić information content (AvgIpc) is 2.73. The minimum atomic E-state index is 0. The number of hydrogen-bond acceptors (Lipinski definition) is 3. The van der Waals surface area contributed by atoms with Crippen molar-refractivity contribution in [2.24, 2.45) is 10.4 Å². The van der Waals surface area contributed by atoms with Gasteiger partial charge in [0.1, 0.15) is 0 Å². The van der Waals surface area contributed by atoms with E-state index in [0.29, 0.717) is 18.5 Å². The minimum absolute atomic E-state index is 0. The van der Waals surface area contributed by atoms with Crippen molar-refractivity contribution in [3.05, 3.63) is 70.1 Å². The number of pyridine rings is 1. The molecule has 0 atom stereocenters. The van der Waals surface area contributed by atoms with E-state index in [2.05, 4.69) is 41.8 Å². The lowest BCUT2D eigenvalue weighted by molar-refractivity contribution is 0.0732. The number of benzene rings is 1. The molecule has 0 radical (unpaired) electrons. The van der Waals surface area contributed by atoms with E-state index in [1.165, 1.54) is 19.3 Å². The summed E-state index contributed by atoms with van der Waals surface area (Å²) in [6, 6.07) is 13.5. The molecule has 1 aromatic heterocycles. The molecular formula is C24H35IN4O2. The second kappa shape index (κ2) is 12.9. The average molecular weight is 538 g/mol. The van der Waals surface area contributed by atoms with E-state index in [9.17, 15) is 4.79 Å². The maximum absolute atomic E-state index is 11.9. The number of nitrogens with one attached hydrogen (secondary N) is 2. The van der Waals surface area contributed by atoms with Gasteiger partial charge in [-0.2, -0.15) is 0 Å². The number of ether oxygens (including phenoxy) is 1. The molecule has 0 saturated heterocycles. The topological polar surface area (TPSA) is 67.7 Å². The highest BCUT2D eigenvalue weighted by molar-refractivity contribution is 14.0. The fraction of sp³-hybridized carbons (Fsp3) is 0.500. The van der Waals surface area contributed by atoms with Crippen molar-refractivity contribution in [2.45, 2.75) is 45.7 Å². The number of rotatable bonds is 10. The number of guanidine groups is 1. The molecule has 1 fully saturated rings. The Hall–Kier alpha value is -1.87. The third kappa shape index (κ3) is 7.64. The fourth-order valence-electron chi connectivity index (χ4n) is 3.83. The molecule has 0 amide bonds. The number of aliphatic imine (C=N–C) groups is 1. The third-order valence-electron chi connectivity index (χ3n) is 5.92. The van der Waals surface area contributed by atoms with Gasteiger partial charge in [0.05, 0.1) is 13.1 Å². The zero-order chi connectivity index (χ0) is 21.2. The lowest BCUT2D eigenvalue weighted by Crippen LogP contribution is -2.46. The van der Waals surface area contributed by atoms with Crippen LogP contribution in [0.4, 0.5) is 0 Å². The SMILES string of the molecule is CCNC(=NCc1ccc(Cn2ccccc2=O)cc1)NCC1(CCOC)CCC1.I. The Morgan fingerprint density at radius 1 is 1.13 bits per heavy atom. The van der Waals surface area contributed by atoms with Gasteiger partial charge in [-0.15, -0.1) is 24.0 Å². The second-order valence-corrected chi connectivity index (χ2v) is 8.13. The Bertz CT molecular complexity index is 876. The second-order valence-electron chi connectivity index (χ2n) is 8.13. The summed E-state index contributed by atoms with van der Waals surface area (Å²) >= 11 is 0. The van der Waals surface area contributed by atoms with Crippen LogP contribution in [0.3, 0.4) is 0 Å². The summed E-state index contributed by atoms with van der Waals surface area (Å²) in [4.78, 5) is 16.6. The molecule has 0 unspecified atom stereocenters. The first kappa shape index (κ1) is 25.4. The zero-order valence-electron chi connectivity index (χ0n) is 18.6. The summed E-state index contributed by atoms with van der Waals surface area (Å²) in [6.07, 6.45) is 6.74. The molecule has 2 N–H and O–H groups in total. The van der Waals surface area contributed by atoms with Crippen LogP contribution in [0.25, 0.3) is 0 Å². The molecule has 2 aromatic rings. The standard InChI is InChI=1S/C24H34N4O2.HI/c1-3-25-23(27-19-24(12-6-13-24)14-16-30-2)26-17-20-8-10-21(11-9-20)18-28-15-5-4-7-22(28)29;/h4-5,7-11,15H,3,6,12-14,16-19H2,1-2H3,(H2,25,26,27);1H. The lowest BCUT2D eigenvalue weighted by Gasteiger charge is -2.42. The highest BCUT2D eigenvalue weighted by atomic mass is 127. The van der Waals surface area contributed by atoms with Gasteiger partial charge in [-0.05, 0) is 48.8 Å². The molecular weight excluding hydrogens is 503 g/mol. The van der Waals surface area contributed by atoms with Crippen molar-refractivity contribution in [3.63, 3.8) is 0 Å². The number of hydrogen-bond donors (Lipinski definition) is 2. The summed E-state index contributed by atoms with van der Waals surface area (Å²) in [5.41, 5.74) is 2.62. The first-order valence-corrected chi connectivity index (χ1v) is 10.9. The van der Waals surface area contributed by atoms with Crippen LogP contribution < -0.4 is 16.2 Å². The van der Waals surface area contributed by atoms with Crippen LogP contribution in [0.2, 0.25) is 0 Å². The van der Waals surface area contributed by atoms with Crippen LogP contribution in [0, 0.1) is 5.41 Å². The van der Waals surface area contributed by atoms with Crippen molar-refractivity contribution >= 4 is 29.9 Å². The first-order chi connectivity index (χ1) is 14.6. The van der Waals surface area contributed by atoms with Gasteiger partial charge in [0.25, 0.3) is 5.56 Å². The summed E-state index contributed by atoms with van der Waals surface area (Å²) in [7, 11) is 1.77. The van der Waals surface area contributed by atoms with E-state index in [0.717, 1.165) is 43.2 Å². The van der Waals surface area contributed by atoms with E-state index >= 15 is 0 Å². The third-order valence-corrected chi connectivity index (χ3v) is 5.92. The van der Waals surface area contributed by atoms with Gasteiger partial charge >= 0.3 is 0 Å². The highest BCUT2D eigenvalue weighted by Crippen LogP contribution is 2.43. The maximum atomic E-state index is 11.9. The molecule has 3 rings (SSSR count). The van der Waals surface area contributed by atoms with Crippen LogP contribution in [-0.2, 0) is 17.8 Å². The Morgan fingerprint density at radius 3 is 2.48 bits per heavy atom. The molecule has 170 valence electrons. The van der Waals surface area contributed by atoms with Gasteiger partial charge in [0.2, 0.25) is 0 Å². The highest BCUT2D eigenvalue weighted by Gasteiger charge is 2.36. The minimum Gasteiger partial charge on any atom is -0.385 e. The molecule has 1 aliphatic carbocycles. The van der Waals surface area contributed by atoms with Gasteiger partial charge in [-0.25, -0.2) is 4.99 Å². The number of nitrogens with zero attached hydrogens (tertiary/aromatic N) is 2. The fourth-order valence-corrected chi connectivity index (χ4v) is 3.83. The number of halogens is 1. The van der Waals surface area contributed by atoms with E-state index in [1.54, 1.807) is 23.8 Å². The predicted molar refractivity (Wildman–Crippen MR) is 137 cm³/mol. The number of methoxy groups -OCH3 is 1.